The van der Waals surface area contributed by atoms with E-state index in [1.165, 1.54) is 7.11 Å². The molecule has 10 heavy (non-hydrogen) atoms. The third-order valence-corrected chi connectivity index (χ3v) is 0.591. The van der Waals surface area contributed by atoms with Crippen molar-refractivity contribution in [1.29, 1.82) is 0 Å². The molecule has 0 radical (unpaired) electrons. The van der Waals surface area contributed by atoms with Gasteiger partial charge in [0.25, 0.3) is 0 Å². The molecule has 0 aromatic rings. The molecule has 3 heteroatoms. The summed E-state index contributed by atoms with van der Waals surface area (Å²) in [5, 5.41) is 7.88. The molecule has 0 bridgehead atoms. The summed E-state index contributed by atoms with van der Waals surface area (Å²) in [4.78, 5) is 9.84. The molecular weight excluding hydrogens is 132 g/mol. The molecule has 0 aliphatic carbocycles. The molecule has 3 nitrogen and oxygen atoms in total. The van der Waals surface area contributed by atoms with Crippen molar-refractivity contribution in [2.75, 3.05) is 13.7 Å². The van der Waals surface area contributed by atoms with Crippen LogP contribution < -0.4 is 0 Å². The molecule has 1 N–H and O–H groups in total. The number of ether oxygens (including phenoxy) is 1. The zero-order chi connectivity index (χ0) is 8.41. The first-order valence-corrected chi connectivity index (χ1v) is 3.04. The summed E-state index contributed by atoms with van der Waals surface area (Å²) < 4.78 is 4.14. The maximum absolute atomic E-state index is 9.84. The van der Waals surface area contributed by atoms with E-state index in [0.717, 1.165) is 12.5 Å². The molecule has 0 heterocycles. The van der Waals surface area contributed by atoms with Crippen LogP contribution in [0, 0.1) is 0 Å². The van der Waals surface area contributed by atoms with E-state index in [1.54, 1.807) is 0 Å². The number of hydrogen-bond donors (Lipinski definition) is 1. The summed E-state index contributed by atoms with van der Waals surface area (Å²) in [5.41, 5.74) is 0. The first kappa shape index (κ1) is 11.9. The highest BCUT2D eigenvalue weighted by molar-refractivity contribution is 5.80. The van der Waals surface area contributed by atoms with Gasteiger partial charge >= 0.3 is 5.97 Å². The number of aliphatic hydroxyl groups is 1. The Hall–Kier alpha value is -0.830. The van der Waals surface area contributed by atoms with Crippen LogP contribution in [0.25, 0.3) is 0 Å². The second kappa shape index (κ2) is 11.0. The molecule has 0 saturated heterocycles. The number of methoxy groups -OCH3 is 1. The van der Waals surface area contributed by atoms with Crippen molar-refractivity contribution < 1.29 is 14.6 Å². The van der Waals surface area contributed by atoms with E-state index in [2.05, 4.69) is 11.3 Å². The molecule has 0 rings (SSSR count). The minimum Gasteiger partial charge on any atom is -0.466 e. The smallest absolute Gasteiger partial charge is 0.329 e. The van der Waals surface area contributed by atoms with Crippen molar-refractivity contribution in [2.24, 2.45) is 0 Å². The molecule has 60 valence electrons. The Kier molecular flexibility index (Phi) is 13.1. The summed E-state index contributed by atoms with van der Waals surface area (Å²) in [6.45, 7) is 5.41. The number of esters is 1. The fourth-order valence-electron chi connectivity index (χ4n) is 0.0833. The Morgan fingerprint density at radius 1 is 1.80 bits per heavy atom. The van der Waals surface area contributed by atoms with Gasteiger partial charge in [-0.25, -0.2) is 4.79 Å². The predicted octanol–water partition coefficient (Wildman–Crippen LogP) is 0.734. The molecule has 0 spiro atoms. The van der Waals surface area contributed by atoms with E-state index in [0.29, 0.717) is 6.61 Å². The maximum atomic E-state index is 9.84. The molecule has 0 fully saturated rings. The predicted molar refractivity (Wildman–Crippen MR) is 39.6 cm³/mol. The van der Waals surface area contributed by atoms with Gasteiger partial charge in [0.15, 0.2) is 0 Å². The van der Waals surface area contributed by atoms with Crippen LogP contribution in [0.1, 0.15) is 13.3 Å². The molecule has 0 atom stereocenters. The SMILES string of the molecule is C=CC(=O)OC.CCCO. The molecule has 0 aromatic heterocycles. The van der Waals surface area contributed by atoms with Crippen LogP contribution in [0.3, 0.4) is 0 Å². The minimum absolute atomic E-state index is 0.319. The Balaban J connectivity index is 0. The lowest BCUT2D eigenvalue weighted by Gasteiger charge is -1.83. The highest BCUT2D eigenvalue weighted by Gasteiger charge is 1.81. The van der Waals surface area contributed by atoms with E-state index in [9.17, 15) is 4.79 Å². The van der Waals surface area contributed by atoms with Crippen molar-refractivity contribution in [3.63, 3.8) is 0 Å². The summed E-state index contributed by atoms with van der Waals surface area (Å²) in [7, 11) is 1.31. The van der Waals surface area contributed by atoms with Crippen LogP contribution in [0.15, 0.2) is 12.7 Å². The Bertz CT molecular complexity index is 86.9. The van der Waals surface area contributed by atoms with Gasteiger partial charge in [-0.1, -0.05) is 13.5 Å². The van der Waals surface area contributed by atoms with Crippen LogP contribution in [0.2, 0.25) is 0 Å². The van der Waals surface area contributed by atoms with E-state index < -0.39 is 5.97 Å². The fraction of sp³-hybridized carbons (Fsp3) is 0.571. The molecule has 0 aromatic carbocycles. The third kappa shape index (κ3) is 15.7. The van der Waals surface area contributed by atoms with Crippen molar-refractivity contribution in [2.45, 2.75) is 13.3 Å². The lowest BCUT2D eigenvalue weighted by molar-refractivity contribution is -0.134. The first-order chi connectivity index (χ1) is 4.72. The number of hydrogen-bond acceptors (Lipinski definition) is 3. The van der Waals surface area contributed by atoms with E-state index in [-0.39, 0.29) is 0 Å². The van der Waals surface area contributed by atoms with Crippen molar-refractivity contribution in [3.8, 4) is 0 Å². The molecule has 0 amide bonds. The Morgan fingerprint density at radius 2 is 2.20 bits per heavy atom. The Morgan fingerprint density at radius 3 is 2.20 bits per heavy atom. The summed E-state index contributed by atoms with van der Waals surface area (Å²) in [5.74, 6) is -0.394. The standard InChI is InChI=1S/C4H6O2.C3H8O/c1-3-4(5)6-2;1-2-3-4/h3H,1H2,2H3;4H,2-3H2,1H3. The molecule has 0 saturated carbocycles. The number of rotatable bonds is 2. The van der Waals surface area contributed by atoms with Gasteiger partial charge < -0.3 is 9.84 Å². The van der Waals surface area contributed by atoms with Crippen molar-refractivity contribution in [1.82, 2.24) is 0 Å². The van der Waals surface area contributed by atoms with E-state index in [1.807, 2.05) is 6.92 Å². The normalized spacial score (nSPS) is 7.10. The highest BCUT2D eigenvalue weighted by atomic mass is 16.5. The monoisotopic (exact) mass is 146 g/mol. The van der Waals surface area contributed by atoms with Crippen LogP contribution in [-0.2, 0) is 9.53 Å². The molecule has 0 aliphatic rings. The van der Waals surface area contributed by atoms with Crippen LogP contribution in [0.5, 0.6) is 0 Å². The second-order valence-corrected chi connectivity index (χ2v) is 1.45. The average molecular weight is 146 g/mol. The first-order valence-electron chi connectivity index (χ1n) is 3.04. The highest BCUT2D eigenvalue weighted by Crippen LogP contribution is 1.67. The van der Waals surface area contributed by atoms with Gasteiger partial charge in [0, 0.05) is 12.7 Å². The van der Waals surface area contributed by atoms with Gasteiger partial charge in [0.05, 0.1) is 7.11 Å². The lowest BCUT2D eigenvalue weighted by atomic mass is 10.5. The number of carbonyl (C=O) groups excluding carboxylic acids is 1. The van der Waals surface area contributed by atoms with Crippen molar-refractivity contribution in [3.05, 3.63) is 12.7 Å². The lowest BCUT2D eigenvalue weighted by Crippen LogP contribution is -1.91. The molecular formula is C7H14O3. The maximum Gasteiger partial charge on any atom is 0.329 e. The average Bonchev–Trinajstić information content (AvgIpc) is 2.03. The topological polar surface area (TPSA) is 46.5 Å². The van der Waals surface area contributed by atoms with Crippen molar-refractivity contribution >= 4 is 5.97 Å². The van der Waals surface area contributed by atoms with Gasteiger partial charge in [0.2, 0.25) is 0 Å². The number of aliphatic hydroxyl groups excluding tert-OH is 1. The zero-order valence-corrected chi connectivity index (χ0v) is 6.46. The third-order valence-electron chi connectivity index (χ3n) is 0.591. The van der Waals surface area contributed by atoms with Gasteiger partial charge in [-0.3, -0.25) is 0 Å². The number of carbonyl (C=O) groups is 1. The minimum atomic E-state index is -0.394. The van der Waals surface area contributed by atoms with E-state index in [4.69, 9.17) is 5.11 Å². The largest absolute Gasteiger partial charge is 0.466 e. The van der Waals surface area contributed by atoms with Gasteiger partial charge in [-0.2, -0.15) is 0 Å². The quantitative estimate of drug-likeness (QED) is 0.461. The van der Waals surface area contributed by atoms with Crippen LogP contribution in [-0.4, -0.2) is 24.8 Å². The zero-order valence-electron chi connectivity index (χ0n) is 6.46. The summed E-state index contributed by atoms with van der Waals surface area (Å²) in [6.07, 6.45) is 1.99. The van der Waals surface area contributed by atoms with Gasteiger partial charge in [0.1, 0.15) is 0 Å². The second-order valence-electron chi connectivity index (χ2n) is 1.45. The van der Waals surface area contributed by atoms with Crippen LogP contribution >= 0.6 is 0 Å². The van der Waals surface area contributed by atoms with Gasteiger partial charge in [-0.05, 0) is 6.42 Å². The van der Waals surface area contributed by atoms with Crippen LogP contribution in [0.4, 0.5) is 0 Å². The Labute approximate surface area is 61.3 Å². The summed E-state index contributed by atoms with van der Waals surface area (Å²) in [6, 6.07) is 0. The molecule has 0 unspecified atom stereocenters. The van der Waals surface area contributed by atoms with Gasteiger partial charge in [-0.15, -0.1) is 0 Å². The fourth-order valence-corrected chi connectivity index (χ4v) is 0.0833. The summed E-state index contributed by atoms with van der Waals surface area (Å²) >= 11 is 0. The molecule has 0 aliphatic heterocycles. The van der Waals surface area contributed by atoms with E-state index >= 15 is 0 Å².